The van der Waals surface area contributed by atoms with Crippen LogP contribution in [-0.2, 0) is 0 Å². The molecule has 4 rings (SSSR count). The van der Waals surface area contributed by atoms with Crippen LogP contribution < -0.4 is 0 Å². The quantitative estimate of drug-likeness (QED) is 0.727. The molecule has 26 heavy (non-hydrogen) atoms. The number of aromatic nitrogens is 3. The molecule has 0 aliphatic carbocycles. The van der Waals surface area contributed by atoms with E-state index in [0.717, 1.165) is 5.69 Å². The van der Waals surface area contributed by atoms with Gasteiger partial charge in [0.15, 0.2) is 5.82 Å². The second-order valence-corrected chi connectivity index (χ2v) is 6.70. The maximum Gasteiger partial charge on any atom is 0.255 e. The molecule has 3 aromatic rings. The predicted molar refractivity (Wildman–Crippen MR) is 95.8 cm³/mol. The highest BCUT2D eigenvalue weighted by Crippen LogP contribution is 2.39. The third kappa shape index (κ3) is 3.10. The van der Waals surface area contributed by atoms with Crippen molar-refractivity contribution in [2.75, 3.05) is 13.1 Å². The molecule has 0 saturated carbocycles. The number of aryl methyl sites for hydroxylation is 2. The molecular formula is C20H20N4O2. The summed E-state index contributed by atoms with van der Waals surface area (Å²) in [6, 6.07) is 13.9. The zero-order chi connectivity index (χ0) is 18.1. The minimum absolute atomic E-state index is 0.0130. The smallest absolute Gasteiger partial charge is 0.255 e. The summed E-state index contributed by atoms with van der Waals surface area (Å²) in [6.07, 6.45) is 1.64. The molecule has 3 heterocycles. The van der Waals surface area contributed by atoms with E-state index >= 15 is 0 Å². The van der Waals surface area contributed by atoms with Gasteiger partial charge in [0.25, 0.3) is 5.91 Å². The molecule has 0 spiro atoms. The van der Waals surface area contributed by atoms with Crippen LogP contribution in [0.3, 0.4) is 0 Å². The molecule has 6 nitrogen and oxygen atoms in total. The van der Waals surface area contributed by atoms with E-state index in [2.05, 4.69) is 27.3 Å². The van der Waals surface area contributed by atoms with Crippen molar-refractivity contribution in [1.82, 2.24) is 20.0 Å². The SMILES string of the molecule is Cc1ccc(C(=O)N2C[C@H](c3nc(C)no3)[C@H](c3ccccc3)C2)cn1. The fraction of sp³-hybridized carbons (Fsp3) is 0.300. The van der Waals surface area contributed by atoms with Gasteiger partial charge in [-0.05, 0) is 31.5 Å². The lowest BCUT2D eigenvalue weighted by Crippen LogP contribution is -2.29. The minimum atomic E-state index is -0.0165. The standard InChI is InChI=1S/C20H20N4O2/c1-13-8-9-16(10-21-13)20(25)24-11-17(15-6-4-3-5-7-15)18(12-24)19-22-14(2)23-26-19/h3-10,17-18H,11-12H2,1-2H3/t17-,18-/m0/s1. The molecule has 0 unspecified atom stereocenters. The molecule has 0 bridgehead atoms. The fourth-order valence-electron chi connectivity index (χ4n) is 3.50. The van der Waals surface area contributed by atoms with Gasteiger partial charge in [-0.3, -0.25) is 9.78 Å². The van der Waals surface area contributed by atoms with Gasteiger partial charge in [0, 0.05) is 30.9 Å². The molecular weight excluding hydrogens is 328 g/mol. The number of carbonyl (C=O) groups excluding carboxylic acids is 1. The van der Waals surface area contributed by atoms with Crippen molar-refractivity contribution < 1.29 is 9.32 Å². The highest BCUT2D eigenvalue weighted by Gasteiger charge is 2.40. The van der Waals surface area contributed by atoms with E-state index in [1.54, 1.807) is 13.1 Å². The Bertz CT molecular complexity index is 905. The summed E-state index contributed by atoms with van der Waals surface area (Å²) in [7, 11) is 0. The number of carbonyl (C=O) groups is 1. The van der Waals surface area contributed by atoms with Crippen LogP contribution in [0.2, 0.25) is 0 Å². The lowest BCUT2D eigenvalue weighted by atomic mass is 9.89. The Kier molecular flexibility index (Phi) is 4.24. The van der Waals surface area contributed by atoms with E-state index in [9.17, 15) is 4.79 Å². The topological polar surface area (TPSA) is 72.1 Å². The van der Waals surface area contributed by atoms with E-state index in [1.165, 1.54) is 5.56 Å². The Morgan fingerprint density at radius 2 is 1.85 bits per heavy atom. The molecule has 1 aliphatic heterocycles. The maximum atomic E-state index is 12.9. The summed E-state index contributed by atoms with van der Waals surface area (Å²) in [6.45, 7) is 4.88. The molecule has 1 amide bonds. The van der Waals surface area contributed by atoms with E-state index in [1.807, 2.05) is 42.2 Å². The summed E-state index contributed by atoms with van der Waals surface area (Å²) in [5.41, 5.74) is 2.67. The van der Waals surface area contributed by atoms with Crippen LogP contribution in [-0.4, -0.2) is 39.0 Å². The fourth-order valence-corrected chi connectivity index (χ4v) is 3.50. The molecule has 1 aliphatic rings. The highest BCUT2D eigenvalue weighted by molar-refractivity contribution is 5.94. The van der Waals surface area contributed by atoms with E-state index in [4.69, 9.17) is 4.52 Å². The van der Waals surface area contributed by atoms with Gasteiger partial charge in [-0.15, -0.1) is 0 Å². The monoisotopic (exact) mass is 348 g/mol. The number of nitrogens with zero attached hydrogens (tertiary/aromatic N) is 4. The Labute approximate surface area is 151 Å². The normalized spacial score (nSPS) is 19.7. The molecule has 1 fully saturated rings. The van der Waals surface area contributed by atoms with Crippen molar-refractivity contribution in [1.29, 1.82) is 0 Å². The number of rotatable bonds is 3. The first-order valence-electron chi connectivity index (χ1n) is 8.69. The third-order valence-electron chi connectivity index (χ3n) is 4.85. The van der Waals surface area contributed by atoms with Gasteiger partial charge >= 0.3 is 0 Å². The molecule has 1 aromatic carbocycles. The molecule has 0 radical (unpaired) electrons. The zero-order valence-electron chi connectivity index (χ0n) is 14.8. The lowest BCUT2D eigenvalue weighted by molar-refractivity contribution is 0.0787. The van der Waals surface area contributed by atoms with Crippen molar-refractivity contribution in [2.45, 2.75) is 25.7 Å². The Morgan fingerprint density at radius 3 is 2.50 bits per heavy atom. The highest BCUT2D eigenvalue weighted by atomic mass is 16.5. The van der Waals surface area contributed by atoms with E-state index in [0.29, 0.717) is 30.4 Å². The zero-order valence-corrected chi connectivity index (χ0v) is 14.8. The van der Waals surface area contributed by atoms with Crippen LogP contribution in [0.15, 0.2) is 53.2 Å². The van der Waals surface area contributed by atoms with Crippen LogP contribution in [0.25, 0.3) is 0 Å². The lowest BCUT2D eigenvalue weighted by Gasteiger charge is -2.16. The Balaban J connectivity index is 1.64. The van der Waals surface area contributed by atoms with Gasteiger partial charge in [-0.1, -0.05) is 35.5 Å². The van der Waals surface area contributed by atoms with Gasteiger partial charge in [-0.2, -0.15) is 4.98 Å². The first kappa shape index (κ1) is 16.4. The summed E-state index contributed by atoms with van der Waals surface area (Å²) in [4.78, 5) is 23.5. The maximum absolute atomic E-state index is 12.9. The van der Waals surface area contributed by atoms with Crippen molar-refractivity contribution >= 4 is 5.91 Å². The summed E-state index contributed by atoms with van der Waals surface area (Å²) in [5, 5.41) is 3.93. The first-order chi connectivity index (χ1) is 12.6. The summed E-state index contributed by atoms with van der Waals surface area (Å²) >= 11 is 0. The number of likely N-dealkylation sites (tertiary alicyclic amines) is 1. The second kappa shape index (κ2) is 6.71. The number of hydrogen-bond acceptors (Lipinski definition) is 5. The van der Waals surface area contributed by atoms with Crippen molar-refractivity contribution in [3.63, 3.8) is 0 Å². The molecule has 6 heteroatoms. The number of pyridine rings is 1. The Hall–Kier alpha value is -3.02. The van der Waals surface area contributed by atoms with Gasteiger partial charge in [0.2, 0.25) is 5.89 Å². The minimum Gasteiger partial charge on any atom is -0.339 e. The Morgan fingerprint density at radius 1 is 1.08 bits per heavy atom. The molecule has 0 N–H and O–H groups in total. The summed E-state index contributed by atoms with van der Waals surface area (Å²) < 4.78 is 5.44. The average molecular weight is 348 g/mol. The van der Waals surface area contributed by atoms with Crippen LogP contribution in [0, 0.1) is 13.8 Å². The van der Waals surface area contributed by atoms with Crippen LogP contribution in [0.1, 0.15) is 45.2 Å². The van der Waals surface area contributed by atoms with Crippen molar-refractivity contribution in [3.05, 3.63) is 77.2 Å². The van der Waals surface area contributed by atoms with Gasteiger partial charge < -0.3 is 9.42 Å². The molecule has 2 atom stereocenters. The third-order valence-corrected chi connectivity index (χ3v) is 4.85. The number of amides is 1. The van der Waals surface area contributed by atoms with Crippen molar-refractivity contribution in [2.24, 2.45) is 0 Å². The van der Waals surface area contributed by atoms with Gasteiger partial charge in [0.1, 0.15) is 0 Å². The predicted octanol–water partition coefficient (Wildman–Crippen LogP) is 3.10. The largest absolute Gasteiger partial charge is 0.339 e. The summed E-state index contributed by atoms with van der Waals surface area (Å²) in [5.74, 6) is 1.30. The first-order valence-corrected chi connectivity index (χ1v) is 8.69. The number of benzene rings is 1. The molecule has 1 saturated heterocycles. The van der Waals surface area contributed by atoms with Gasteiger partial charge in [-0.25, -0.2) is 0 Å². The molecule has 132 valence electrons. The van der Waals surface area contributed by atoms with E-state index < -0.39 is 0 Å². The van der Waals surface area contributed by atoms with Crippen LogP contribution in [0.5, 0.6) is 0 Å². The van der Waals surface area contributed by atoms with Crippen LogP contribution >= 0.6 is 0 Å². The van der Waals surface area contributed by atoms with Crippen LogP contribution in [0.4, 0.5) is 0 Å². The van der Waals surface area contributed by atoms with Gasteiger partial charge in [0.05, 0.1) is 11.5 Å². The van der Waals surface area contributed by atoms with Crippen molar-refractivity contribution in [3.8, 4) is 0 Å². The molecule has 2 aromatic heterocycles. The van der Waals surface area contributed by atoms with E-state index in [-0.39, 0.29) is 17.7 Å². The second-order valence-electron chi connectivity index (χ2n) is 6.70. The number of hydrogen-bond donors (Lipinski definition) is 0. The average Bonchev–Trinajstić information content (AvgIpc) is 3.29.